The Balaban J connectivity index is 1.70. The van der Waals surface area contributed by atoms with Gasteiger partial charge in [0.15, 0.2) is 4.96 Å². The maximum Gasteiger partial charge on any atom is 0.265 e. The molecule has 0 aliphatic heterocycles. The van der Waals surface area contributed by atoms with Crippen LogP contribution in [-0.4, -0.2) is 15.3 Å². The highest BCUT2D eigenvalue weighted by Gasteiger charge is 2.16. The summed E-state index contributed by atoms with van der Waals surface area (Å²) in [6.45, 7) is 1.88. The summed E-state index contributed by atoms with van der Waals surface area (Å²) in [5.74, 6) is -0.141. The number of hydrogen-bond donors (Lipinski definition) is 1. The number of thiophene rings is 1. The van der Waals surface area contributed by atoms with Gasteiger partial charge in [0.25, 0.3) is 5.91 Å². The second kappa shape index (κ2) is 5.08. The van der Waals surface area contributed by atoms with Crippen molar-refractivity contribution in [1.29, 1.82) is 0 Å². The third kappa shape index (κ3) is 2.11. The lowest BCUT2D eigenvalue weighted by molar-refractivity contribution is 0.103. The molecule has 0 aliphatic carbocycles. The van der Waals surface area contributed by atoms with Crippen molar-refractivity contribution >= 4 is 61.2 Å². The first kappa shape index (κ1) is 13.8. The van der Waals surface area contributed by atoms with Crippen molar-refractivity contribution in [3.8, 4) is 0 Å². The van der Waals surface area contributed by atoms with Gasteiger partial charge in [-0.25, -0.2) is 4.98 Å². The van der Waals surface area contributed by atoms with Crippen LogP contribution in [0, 0.1) is 6.92 Å². The minimum Gasteiger partial charge on any atom is -0.321 e. The van der Waals surface area contributed by atoms with Gasteiger partial charge in [-0.3, -0.25) is 9.20 Å². The summed E-state index contributed by atoms with van der Waals surface area (Å²) in [7, 11) is 0. The van der Waals surface area contributed by atoms with E-state index in [1.807, 2.05) is 41.1 Å². The Labute approximate surface area is 139 Å². The summed E-state index contributed by atoms with van der Waals surface area (Å²) in [6, 6.07) is 7.35. The Bertz CT molecular complexity index is 1010. The molecule has 4 nitrogen and oxygen atoms in total. The second-order valence-electron chi connectivity index (χ2n) is 4.83. The summed E-state index contributed by atoms with van der Waals surface area (Å²) in [6.07, 6.45) is 1.96. The Hall–Kier alpha value is -1.89. The molecule has 0 atom stereocenters. The van der Waals surface area contributed by atoms with Crippen molar-refractivity contribution in [2.75, 3.05) is 5.32 Å². The zero-order chi connectivity index (χ0) is 15.3. The first-order chi connectivity index (χ1) is 10.6. The molecule has 1 N–H and O–H groups in total. The van der Waals surface area contributed by atoms with Gasteiger partial charge in [0.2, 0.25) is 0 Å². The predicted octanol–water partition coefficient (Wildman–Crippen LogP) is 4.82. The van der Waals surface area contributed by atoms with E-state index in [0.29, 0.717) is 9.90 Å². The predicted molar refractivity (Wildman–Crippen MR) is 92.6 cm³/mol. The summed E-state index contributed by atoms with van der Waals surface area (Å²) in [4.78, 5) is 19.4. The normalized spacial score (nSPS) is 11.4. The molecule has 0 aliphatic rings. The number of carbonyl (C=O) groups excluding carboxylic acids is 1. The smallest absolute Gasteiger partial charge is 0.265 e. The first-order valence-electron chi connectivity index (χ1n) is 6.55. The molecule has 110 valence electrons. The van der Waals surface area contributed by atoms with E-state index in [2.05, 4.69) is 10.3 Å². The Morgan fingerprint density at radius 3 is 3.14 bits per heavy atom. The van der Waals surface area contributed by atoms with Gasteiger partial charge in [-0.15, -0.1) is 22.7 Å². The molecule has 4 rings (SSSR count). The fraction of sp³-hybridized carbons (Fsp3) is 0.0667. The molecule has 0 fully saturated rings. The maximum absolute atomic E-state index is 12.4. The van der Waals surface area contributed by atoms with E-state index < -0.39 is 0 Å². The maximum atomic E-state index is 12.4. The SMILES string of the molecule is Cc1c(Cl)cccc1NC(=O)c1cc2c(nc3sccn32)s1. The lowest BCUT2D eigenvalue weighted by Gasteiger charge is -2.08. The second-order valence-corrected chi connectivity index (χ2v) is 7.15. The number of rotatable bonds is 2. The fourth-order valence-corrected chi connectivity index (χ4v) is 4.16. The number of nitrogens with zero attached hydrogens (tertiary/aromatic N) is 2. The Kier molecular flexibility index (Phi) is 3.18. The van der Waals surface area contributed by atoms with Crippen LogP contribution in [0.1, 0.15) is 15.2 Å². The van der Waals surface area contributed by atoms with Crippen LogP contribution in [0.4, 0.5) is 5.69 Å². The highest BCUT2D eigenvalue weighted by atomic mass is 35.5. The van der Waals surface area contributed by atoms with Crippen LogP contribution >= 0.6 is 34.3 Å². The number of halogens is 1. The number of carbonyl (C=O) groups is 1. The van der Waals surface area contributed by atoms with Gasteiger partial charge in [-0.05, 0) is 30.7 Å². The number of nitrogens with one attached hydrogen (secondary N) is 1. The number of anilines is 1. The molecular weight excluding hydrogens is 338 g/mol. The number of hydrogen-bond acceptors (Lipinski definition) is 4. The van der Waals surface area contributed by atoms with Crippen molar-refractivity contribution in [1.82, 2.24) is 9.38 Å². The molecule has 0 bridgehead atoms. The Morgan fingerprint density at radius 2 is 2.27 bits per heavy atom. The zero-order valence-electron chi connectivity index (χ0n) is 11.5. The van der Waals surface area contributed by atoms with Crippen LogP contribution in [0.3, 0.4) is 0 Å². The van der Waals surface area contributed by atoms with E-state index in [9.17, 15) is 4.79 Å². The van der Waals surface area contributed by atoms with E-state index >= 15 is 0 Å². The molecular formula is C15H10ClN3OS2. The minimum atomic E-state index is -0.141. The summed E-state index contributed by atoms with van der Waals surface area (Å²) in [5, 5.41) is 5.53. The van der Waals surface area contributed by atoms with Crippen molar-refractivity contribution in [3.05, 3.63) is 51.3 Å². The average molecular weight is 348 g/mol. The van der Waals surface area contributed by atoms with Gasteiger partial charge in [-0.1, -0.05) is 17.7 Å². The van der Waals surface area contributed by atoms with Crippen LogP contribution in [-0.2, 0) is 0 Å². The number of aromatic nitrogens is 2. The fourth-order valence-electron chi connectivity index (χ4n) is 2.29. The van der Waals surface area contributed by atoms with Gasteiger partial charge < -0.3 is 5.32 Å². The van der Waals surface area contributed by atoms with Crippen LogP contribution in [0.5, 0.6) is 0 Å². The van der Waals surface area contributed by atoms with Crippen LogP contribution in [0.2, 0.25) is 5.02 Å². The summed E-state index contributed by atoms with van der Waals surface area (Å²) < 4.78 is 2.00. The molecule has 0 radical (unpaired) electrons. The molecule has 3 aromatic heterocycles. The molecule has 1 aromatic carbocycles. The standard InChI is InChI=1S/C15H10ClN3OS2/c1-8-9(16)3-2-4-10(8)17-13(20)12-7-11-14(22-12)18-15-19(11)5-6-21-15/h2-7H,1H3,(H,17,20). The largest absolute Gasteiger partial charge is 0.321 e. The van der Waals surface area contributed by atoms with E-state index in [0.717, 1.165) is 26.6 Å². The van der Waals surface area contributed by atoms with Crippen LogP contribution < -0.4 is 5.32 Å². The van der Waals surface area contributed by atoms with Gasteiger partial charge in [0.05, 0.1) is 10.4 Å². The van der Waals surface area contributed by atoms with E-state index in [-0.39, 0.29) is 5.91 Å². The lowest BCUT2D eigenvalue weighted by atomic mass is 10.2. The quantitative estimate of drug-likeness (QED) is 0.564. The van der Waals surface area contributed by atoms with Crippen LogP contribution in [0.15, 0.2) is 35.8 Å². The van der Waals surface area contributed by atoms with Crippen molar-refractivity contribution in [3.63, 3.8) is 0 Å². The highest BCUT2D eigenvalue weighted by molar-refractivity contribution is 7.21. The number of amides is 1. The minimum absolute atomic E-state index is 0.141. The van der Waals surface area contributed by atoms with Gasteiger partial charge in [0, 0.05) is 22.3 Å². The van der Waals surface area contributed by atoms with Crippen LogP contribution in [0.25, 0.3) is 15.3 Å². The number of benzene rings is 1. The van der Waals surface area contributed by atoms with E-state index in [4.69, 9.17) is 11.6 Å². The number of imidazole rings is 1. The molecule has 4 aromatic rings. The molecule has 0 unspecified atom stereocenters. The molecule has 3 heterocycles. The van der Waals surface area contributed by atoms with E-state index in [1.165, 1.54) is 11.3 Å². The third-order valence-electron chi connectivity index (χ3n) is 3.48. The summed E-state index contributed by atoms with van der Waals surface area (Å²) in [5.41, 5.74) is 2.56. The third-order valence-corrected chi connectivity index (χ3v) is 5.66. The van der Waals surface area contributed by atoms with Crippen molar-refractivity contribution in [2.24, 2.45) is 0 Å². The van der Waals surface area contributed by atoms with Crippen molar-refractivity contribution in [2.45, 2.75) is 6.92 Å². The van der Waals surface area contributed by atoms with Gasteiger partial charge in [-0.2, -0.15) is 0 Å². The molecule has 22 heavy (non-hydrogen) atoms. The average Bonchev–Trinajstić information content (AvgIpc) is 3.15. The monoisotopic (exact) mass is 347 g/mol. The first-order valence-corrected chi connectivity index (χ1v) is 8.62. The highest BCUT2D eigenvalue weighted by Crippen LogP contribution is 2.29. The molecule has 0 saturated carbocycles. The lowest BCUT2D eigenvalue weighted by Crippen LogP contribution is -2.11. The molecule has 1 amide bonds. The molecule has 0 saturated heterocycles. The molecule has 0 spiro atoms. The Morgan fingerprint density at radius 1 is 1.41 bits per heavy atom. The zero-order valence-corrected chi connectivity index (χ0v) is 13.9. The topological polar surface area (TPSA) is 46.4 Å². The van der Waals surface area contributed by atoms with E-state index in [1.54, 1.807) is 17.4 Å². The molecule has 7 heteroatoms. The summed E-state index contributed by atoms with van der Waals surface area (Å²) >= 11 is 9.06. The van der Waals surface area contributed by atoms with Gasteiger partial charge in [0.1, 0.15) is 4.83 Å². The number of thiazole rings is 1. The van der Waals surface area contributed by atoms with Gasteiger partial charge >= 0.3 is 0 Å². The number of fused-ring (bicyclic) bond motifs is 3. The van der Waals surface area contributed by atoms with Crippen molar-refractivity contribution < 1.29 is 4.79 Å².